The first-order valence-corrected chi connectivity index (χ1v) is 8.24. The lowest BCUT2D eigenvalue weighted by Crippen LogP contribution is -2.35. The third-order valence-corrected chi connectivity index (χ3v) is 5.50. The van der Waals surface area contributed by atoms with Crippen LogP contribution in [0.15, 0.2) is 18.2 Å². The van der Waals surface area contributed by atoms with Crippen molar-refractivity contribution in [3.05, 3.63) is 35.1 Å². The molecule has 0 aromatic heterocycles. The number of rotatable bonds is 4. The van der Waals surface area contributed by atoms with Gasteiger partial charge in [0.05, 0.1) is 27.2 Å². The third-order valence-electron chi connectivity index (χ3n) is 3.82. The smallest absolute Gasteiger partial charge is 0.128 e. The predicted octanol–water partition coefficient (Wildman–Crippen LogP) is 3.49. The van der Waals surface area contributed by atoms with Gasteiger partial charge in [-0.15, -0.1) is 0 Å². The van der Waals surface area contributed by atoms with Crippen LogP contribution in [-0.4, -0.2) is 8.96 Å². The standard InChI is InChI=1S/C16H21FN2OS/c1-11(19-21(20)15(2,3)4)13-6-5-12(9-14(13)17)16(10-18)7-8-16/h5-6,9,11,19H,7-8H2,1-4H3. The van der Waals surface area contributed by atoms with Gasteiger partial charge in [0.15, 0.2) is 0 Å². The molecule has 1 saturated carbocycles. The SMILES string of the molecule is CC(NS(=O)C(C)(C)C)c1ccc(C2(C#N)CC2)cc1F. The van der Waals surface area contributed by atoms with Gasteiger partial charge in [-0.25, -0.2) is 13.3 Å². The summed E-state index contributed by atoms with van der Waals surface area (Å²) in [5.74, 6) is -0.347. The molecule has 1 aliphatic carbocycles. The Morgan fingerprint density at radius 3 is 2.48 bits per heavy atom. The van der Waals surface area contributed by atoms with E-state index in [2.05, 4.69) is 10.8 Å². The molecule has 0 amide bonds. The van der Waals surface area contributed by atoms with Crippen LogP contribution < -0.4 is 4.72 Å². The van der Waals surface area contributed by atoms with Crippen LogP contribution in [-0.2, 0) is 16.4 Å². The van der Waals surface area contributed by atoms with Crippen LogP contribution in [0.5, 0.6) is 0 Å². The van der Waals surface area contributed by atoms with Gasteiger partial charge in [0.2, 0.25) is 0 Å². The van der Waals surface area contributed by atoms with Crippen LogP contribution in [0.3, 0.4) is 0 Å². The summed E-state index contributed by atoms with van der Waals surface area (Å²) in [4.78, 5) is 0. The summed E-state index contributed by atoms with van der Waals surface area (Å²) in [5, 5.41) is 9.16. The van der Waals surface area contributed by atoms with Crippen molar-refractivity contribution in [3.63, 3.8) is 0 Å². The maximum absolute atomic E-state index is 14.3. The predicted molar refractivity (Wildman–Crippen MR) is 82.4 cm³/mol. The Hall–Kier alpha value is -1.25. The van der Waals surface area contributed by atoms with Crippen LogP contribution in [0.25, 0.3) is 0 Å². The van der Waals surface area contributed by atoms with E-state index in [1.807, 2.05) is 26.8 Å². The second kappa shape index (κ2) is 5.51. The first-order chi connectivity index (χ1) is 9.69. The van der Waals surface area contributed by atoms with Gasteiger partial charge >= 0.3 is 0 Å². The fraction of sp³-hybridized carbons (Fsp3) is 0.562. The van der Waals surface area contributed by atoms with Crippen molar-refractivity contribution in [1.82, 2.24) is 4.72 Å². The third kappa shape index (κ3) is 3.33. The quantitative estimate of drug-likeness (QED) is 0.925. The number of hydrogen-bond donors (Lipinski definition) is 1. The van der Waals surface area contributed by atoms with Gasteiger partial charge in [0.25, 0.3) is 0 Å². The maximum Gasteiger partial charge on any atom is 0.128 e. The van der Waals surface area contributed by atoms with Crippen molar-refractivity contribution in [3.8, 4) is 6.07 Å². The molecule has 0 radical (unpaired) electrons. The van der Waals surface area contributed by atoms with Gasteiger partial charge in [-0.05, 0) is 52.2 Å². The van der Waals surface area contributed by atoms with Crippen LogP contribution >= 0.6 is 0 Å². The molecular formula is C16H21FN2OS. The maximum atomic E-state index is 14.3. The summed E-state index contributed by atoms with van der Waals surface area (Å²) in [7, 11) is -1.26. The van der Waals surface area contributed by atoms with Crippen LogP contribution in [0.2, 0.25) is 0 Å². The number of halogens is 1. The number of hydrogen-bond acceptors (Lipinski definition) is 2. The Labute approximate surface area is 128 Å². The second-order valence-electron chi connectivity index (χ2n) is 6.65. The molecule has 5 heteroatoms. The van der Waals surface area contributed by atoms with Crippen molar-refractivity contribution in [2.45, 2.75) is 56.7 Å². The minimum atomic E-state index is -1.26. The zero-order chi connectivity index (χ0) is 15.8. The zero-order valence-corrected chi connectivity index (χ0v) is 13.7. The highest BCUT2D eigenvalue weighted by molar-refractivity contribution is 7.84. The van der Waals surface area contributed by atoms with Crippen molar-refractivity contribution in [2.24, 2.45) is 0 Å². The Morgan fingerprint density at radius 1 is 1.43 bits per heavy atom. The second-order valence-corrected chi connectivity index (χ2v) is 8.65. The van der Waals surface area contributed by atoms with E-state index in [1.165, 1.54) is 6.07 Å². The van der Waals surface area contributed by atoms with Gasteiger partial charge < -0.3 is 0 Å². The van der Waals surface area contributed by atoms with E-state index in [4.69, 9.17) is 5.26 Å². The van der Waals surface area contributed by atoms with Gasteiger partial charge in [-0.1, -0.05) is 12.1 Å². The summed E-state index contributed by atoms with van der Waals surface area (Å²) in [6.45, 7) is 7.39. The van der Waals surface area contributed by atoms with E-state index in [-0.39, 0.29) is 11.9 Å². The normalized spacial score (nSPS) is 19.6. The fourth-order valence-electron chi connectivity index (χ4n) is 2.17. The molecule has 2 rings (SSSR count). The lowest BCUT2D eigenvalue weighted by molar-refractivity contribution is 0.569. The molecule has 3 nitrogen and oxygen atoms in total. The Bertz CT molecular complexity index is 612. The van der Waals surface area contributed by atoms with Crippen molar-refractivity contribution in [2.75, 3.05) is 0 Å². The molecule has 0 aliphatic heterocycles. The summed E-state index contributed by atoms with van der Waals surface area (Å²) in [5.41, 5.74) is 0.741. The Kier molecular flexibility index (Phi) is 4.23. The number of nitrogens with one attached hydrogen (secondary N) is 1. The molecule has 1 aromatic rings. The van der Waals surface area contributed by atoms with Gasteiger partial charge in [-0.3, -0.25) is 0 Å². The van der Waals surface area contributed by atoms with Crippen LogP contribution in [0, 0.1) is 17.1 Å². The minimum absolute atomic E-state index is 0.347. The summed E-state index contributed by atoms with van der Waals surface area (Å²) < 4.78 is 28.9. The molecule has 1 fully saturated rings. The highest BCUT2D eigenvalue weighted by Gasteiger charge is 2.45. The summed E-state index contributed by atoms with van der Waals surface area (Å²) in [6.07, 6.45) is 1.59. The van der Waals surface area contributed by atoms with E-state index in [9.17, 15) is 8.60 Å². The molecule has 1 N–H and O–H groups in total. The van der Waals surface area contributed by atoms with E-state index >= 15 is 0 Å². The van der Waals surface area contributed by atoms with Crippen molar-refractivity contribution in [1.29, 1.82) is 5.26 Å². The van der Waals surface area contributed by atoms with E-state index in [0.29, 0.717) is 5.56 Å². The van der Waals surface area contributed by atoms with Crippen molar-refractivity contribution >= 4 is 11.0 Å². The number of nitriles is 1. The van der Waals surface area contributed by atoms with Gasteiger partial charge in [-0.2, -0.15) is 5.26 Å². The molecule has 0 heterocycles. The van der Waals surface area contributed by atoms with E-state index in [1.54, 1.807) is 13.0 Å². The molecule has 0 saturated heterocycles. The molecule has 1 aliphatic rings. The highest BCUT2D eigenvalue weighted by atomic mass is 32.2. The van der Waals surface area contributed by atoms with Crippen LogP contribution in [0.1, 0.15) is 57.7 Å². The number of nitrogens with zero attached hydrogens (tertiary/aromatic N) is 1. The van der Waals surface area contributed by atoms with E-state index in [0.717, 1.165) is 18.4 Å². The lowest BCUT2D eigenvalue weighted by atomic mass is 9.95. The summed E-state index contributed by atoms with van der Waals surface area (Å²) >= 11 is 0. The Morgan fingerprint density at radius 2 is 2.05 bits per heavy atom. The topological polar surface area (TPSA) is 52.9 Å². The monoisotopic (exact) mass is 308 g/mol. The molecule has 0 bridgehead atoms. The van der Waals surface area contributed by atoms with E-state index < -0.39 is 21.1 Å². The molecule has 0 spiro atoms. The molecule has 114 valence electrons. The van der Waals surface area contributed by atoms with Gasteiger partial charge in [0, 0.05) is 11.6 Å². The zero-order valence-electron chi connectivity index (χ0n) is 12.9. The summed E-state index contributed by atoms with van der Waals surface area (Å²) in [6, 6.07) is 6.87. The first kappa shape index (κ1) is 16.1. The molecule has 21 heavy (non-hydrogen) atoms. The van der Waals surface area contributed by atoms with Crippen LogP contribution in [0.4, 0.5) is 4.39 Å². The lowest BCUT2D eigenvalue weighted by Gasteiger charge is -2.22. The molecule has 2 unspecified atom stereocenters. The molecule has 1 aromatic carbocycles. The fourth-order valence-corrected chi connectivity index (χ4v) is 2.97. The Balaban J connectivity index is 2.18. The molecular weight excluding hydrogens is 287 g/mol. The largest absolute Gasteiger partial charge is 0.242 e. The number of benzene rings is 1. The molecule has 2 atom stereocenters. The van der Waals surface area contributed by atoms with Crippen molar-refractivity contribution < 1.29 is 8.60 Å². The average Bonchev–Trinajstić information content (AvgIpc) is 3.18. The van der Waals surface area contributed by atoms with Gasteiger partial charge in [0.1, 0.15) is 5.82 Å². The average molecular weight is 308 g/mol. The highest BCUT2D eigenvalue weighted by Crippen LogP contribution is 2.47. The first-order valence-electron chi connectivity index (χ1n) is 7.09. The minimum Gasteiger partial charge on any atom is -0.242 e.